The summed E-state index contributed by atoms with van der Waals surface area (Å²) in [6.45, 7) is 0. The molecule has 4 nitrogen and oxygen atoms in total. The largest absolute Gasteiger partial charge is 0.497 e. The quantitative estimate of drug-likeness (QED) is 0.841. The van der Waals surface area contributed by atoms with Gasteiger partial charge in [0.05, 0.1) is 31.3 Å². The Hall–Kier alpha value is -1.88. The maximum Gasteiger partial charge on any atom is 0.142 e. The SMILES string of the molecule is COc1ccc(N)c(Nc2cc(Br)ccc2OC)c1. The van der Waals surface area contributed by atoms with Gasteiger partial charge in [0.2, 0.25) is 0 Å². The molecular weight excluding hydrogens is 308 g/mol. The molecule has 0 spiro atoms. The van der Waals surface area contributed by atoms with Crippen LogP contribution in [0.4, 0.5) is 17.1 Å². The second-order valence-corrected chi connectivity index (χ2v) is 4.84. The maximum atomic E-state index is 5.95. The lowest BCUT2D eigenvalue weighted by molar-refractivity contribution is 0.414. The number of benzene rings is 2. The van der Waals surface area contributed by atoms with Crippen LogP contribution in [0.1, 0.15) is 0 Å². The minimum Gasteiger partial charge on any atom is -0.497 e. The first-order valence-electron chi connectivity index (χ1n) is 5.68. The molecule has 0 atom stereocenters. The molecule has 3 N–H and O–H groups in total. The monoisotopic (exact) mass is 322 g/mol. The lowest BCUT2D eigenvalue weighted by Crippen LogP contribution is -1.99. The zero-order valence-electron chi connectivity index (χ0n) is 10.7. The number of ether oxygens (including phenoxy) is 2. The van der Waals surface area contributed by atoms with Crippen LogP contribution in [0.2, 0.25) is 0 Å². The zero-order valence-corrected chi connectivity index (χ0v) is 12.3. The van der Waals surface area contributed by atoms with Crippen molar-refractivity contribution < 1.29 is 9.47 Å². The molecule has 0 heterocycles. The number of anilines is 3. The van der Waals surface area contributed by atoms with Crippen LogP contribution in [-0.2, 0) is 0 Å². The molecular formula is C14H15BrN2O2. The van der Waals surface area contributed by atoms with Crippen molar-refractivity contribution in [1.29, 1.82) is 0 Å². The average molecular weight is 323 g/mol. The third-order valence-electron chi connectivity index (χ3n) is 2.69. The highest BCUT2D eigenvalue weighted by molar-refractivity contribution is 9.10. The van der Waals surface area contributed by atoms with E-state index in [4.69, 9.17) is 15.2 Å². The van der Waals surface area contributed by atoms with E-state index in [-0.39, 0.29) is 0 Å². The van der Waals surface area contributed by atoms with Crippen LogP contribution in [-0.4, -0.2) is 14.2 Å². The number of rotatable bonds is 4. The van der Waals surface area contributed by atoms with E-state index in [1.807, 2.05) is 30.3 Å². The molecule has 0 amide bonds. The van der Waals surface area contributed by atoms with Crippen LogP contribution < -0.4 is 20.5 Å². The normalized spacial score (nSPS) is 10.1. The molecule has 0 radical (unpaired) electrons. The first kappa shape index (κ1) is 13.5. The molecule has 0 saturated heterocycles. The van der Waals surface area contributed by atoms with Crippen LogP contribution in [0.15, 0.2) is 40.9 Å². The minimum absolute atomic E-state index is 0.642. The van der Waals surface area contributed by atoms with Crippen molar-refractivity contribution in [2.45, 2.75) is 0 Å². The van der Waals surface area contributed by atoms with Gasteiger partial charge in [-0.2, -0.15) is 0 Å². The number of nitrogens with two attached hydrogens (primary N) is 1. The predicted molar refractivity (Wildman–Crippen MR) is 81.4 cm³/mol. The third-order valence-corrected chi connectivity index (χ3v) is 3.18. The van der Waals surface area contributed by atoms with Gasteiger partial charge >= 0.3 is 0 Å². The van der Waals surface area contributed by atoms with E-state index in [2.05, 4.69) is 21.2 Å². The van der Waals surface area contributed by atoms with Gasteiger partial charge in [0, 0.05) is 10.5 Å². The summed E-state index contributed by atoms with van der Waals surface area (Å²) in [5, 5.41) is 3.25. The Morgan fingerprint density at radius 1 is 1.00 bits per heavy atom. The molecule has 0 aliphatic carbocycles. The second-order valence-electron chi connectivity index (χ2n) is 3.92. The number of nitrogen functional groups attached to an aromatic ring is 1. The van der Waals surface area contributed by atoms with Crippen LogP contribution in [0.5, 0.6) is 11.5 Å². The Labute approximate surface area is 120 Å². The van der Waals surface area contributed by atoms with E-state index < -0.39 is 0 Å². The molecule has 5 heteroatoms. The van der Waals surface area contributed by atoms with Crippen molar-refractivity contribution in [3.8, 4) is 11.5 Å². The first-order valence-corrected chi connectivity index (χ1v) is 6.47. The predicted octanol–water partition coefficient (Wildman–Crippen LogP) is 3.79. The zero-order chi connectivity index (χ0) is 13.8. The number of hydrogen-bond acceptors (Lipinski definition) is 4. The average Bonchev–Trinajstić information content (AvgIpc) is 2.41. The number of methoxy groups -OCH3 is 2. The fraction of sp³-hybridized carbons (Fsp3) is 0.143. The molecule has 0 bridgehead atoms. The molecule has 100 valence electrons. The second kappa shape index (κ2) is 5.84. The van der Waals surface area contributed by atoms with Gasteiger partial charge in [-0.1, -0.05) is 15.9 Å². The van der Waals surface area contributed by atoms with Gasteiger partial charge in [0.25, 0.3) is 0 Å². The van der Waals surface area contributed by atoms with Crippen molar-refractivity contribution in [2.24, 2.45) is 0 Å². The molecule has 2 aromatic carbocycles. The highest BCUT2D eigenvalue weighted by atomic mass is 79.9. The molecule has 0 unspecified atom stereocenters. The van der Waals surface area contributed by atoms with Crippen LogP contribution in [0, 0.1) is 0 Å². The molecule has 0 aliphatic heterocycles. The summed E-state index contributed by atoms with van der Waals surface area (Å²) in [6, 6.07) is 11.2. The van der Waals surface area contributed by atoms with E-state index in [0.29, 0.717) is 5.69 Å². The summed E-state index contributed by atoms with van der Waals surface area (Å²) >= 11 is 3.43. The van der Waals surface area contributed by atoms with E-state index in [0.717, 1.165) is 27.3 Å². The molecule has 19 heavy (non-hydrogen) atoms. The highest BCUT2D eigenvalue weighted by Gasteiger charge is 2.07. The molecule has 0 aromatic heterocycles. The van der Waals surface area contributed by atoms with E-state index in [1.54, 1.807) is 20.3 Å². The standard InChI is InChI=1S/C14H15BrN2O2/c1-18-10-4-5-11(16)12(8-10)17-13-7-9(15)3-6-14(13)19-2/h3-8,17H,16H2,1-2H3. The first-order chi connectivity index (χ1) is 9.13. The molecule has 0 saturated carbocycles. The highest BCUT2D eigenvalue weighted by Crippen LogP contribution is 2.34. The number of halogens is 1. The Balaban J connectivity index is 2.37. The Bertz CT molecular complexity index is 588. The molecule has 0 aliphatic rings. The van der Waals surface area contributed by atoms with Crippen LogP contribution >= 0.6 is 15.9 Å². The number of nitrogens with one attached hydrogen (secondary N) is 1. The van der Waals surface area contributed by atoms with Crippen LogP contribution in [0.25, 0.3) is 0 Å². The van der Waals surface area contributed by atoms with E-state index in [9.17, 15) is 0 Å². The smallest absolute Gasteiger partial charge is 0.142 e. The minimum atomic E-state index is 0.642. The third kappa shape index (κ3) is 3.12. The summed E-state index contributed by atoms with van der Waals surface area (Å²) in [6.07, 6.45) is 0. The van der Waals surface area contributed by atoms with Gasteiger partial charge in [-0.05, 0) is 30.3 Å². The molecule has 0 fully saturated rings. The van der Waals surface area contributed by atoms with Gasteiger partial charge in [0.1, 0.15) is 11.5 Å². The van der Waals surface area contributed by atoms with Crippen LogP contribution in [0.3, 0.4) is 0 Å². The van der Waals surface area contributed by atoms with Gasteiger partial charge in [-0.3, -0.25) is 0 Å². The fourth-order valence-electron chi connectivity index (χ4n) is 1.69. The van der Waals surface area contributed by atoms with Crippen molar-refractivity contribution >= 4 is 33.0 Å². The number of hydrogen-bond donors (Lipinski definition) is 2. The van der Waals surface area contributed by atoms with Gasteiger partial charge in [-0.25, -0.2) is 0 Å². The Morgan fingerprint density at radius 2 is 1.79 bits per heavy atom. The van der Waals surface area contributed by atoms with E-state index in [1.165, 1.54) is 0 Å². The topological polar surface area (TPSA) is 56.5 Å². The van der Waals surface area contributed by atoms with Gasteiger partial charge in [-0.15, -0.1) is 0 Å². The summed E-state index contributed by atoms with van der Waals surface area (Å²) in [7, 11) is 3.25. The molecule has 2 aromatic rings. The Kier molecular flexibility index (Phi) is 4.16. The van der Waals surface area contributed by atoms with Gasteiger partial charge in [0.15, 0.2) is 0 Å². The summed E-state index contributed by atoms with van der Waals surface area (Å²) in [5.74, 6) is 1.48. The summed E-state index contributed by atoms with van der Waals surface area (Å²) in [4.78, 5) is 0. The van der Waals surface area contributed by atoms with Crippen molar-refractivity contribution in [3.63, 3.8) is 0 Å². The lowest BCUT2D eigenvalue weighted by Gasteiger charge is -2.14. The molecule has 2 rings (SSSR count). The lowest BCUT2D eigenvalue weighted by atomic mass is 10.2. The van der Waals surface area contributed by atoms with Gasteiger partial charge < -0.3 is 20.5 Å². The van der Waals surface area contributed by atoms with Crippen molar-refractivity contribution in [2.75, 3.05) is 25.3 Å². The fourth-order valence-corrected chi connectivity index (χ4v) is 2.05. The maximum absolute atomic E-state index is 5.95. The summed E-state index contributed by atoms with van der Waals surface area (Å²) < 4.78 is 11.5. The van der Waals surface area contributed by atoms with Crippen molar-refractivity contribution in [1.82, 2.24) is 0 Å². The van der Waals surface area contributed by atoms with Crippen molar-refractivity contribution in [3.05, 3.63) is 40.9 Å². The summed E-state index contributed by atoms with van der Waals surface area (Å²) in [5.41, 5.74) is 8.20. The Morgan fingerprint density at radius 3 is 2.47 bits per heavy atom. The van der Waals surface area contributed by atoms with E-state index >= 15 is 0 Å².